The molecule has 0 spiro atoms. The summed E-state index contributed by atoms with van der Waals surface area (Å²) in [5.74, 6) is 1.53. The van der Waals surface area contributed by atoms with Gasteiger partial charge in [0.15, 0.2) is 0 Å². The van der Waals surface area contributed by atoms with Gasteiger partial charge in [0.2, 0.25) is 0 Å². The van der Waals surface area contributed by atoms with Crippen molar-refractivity contribution in [3.05, 3.63) is 24.4 Å². The fraction of sp³-hybridized carbons (Fsp3) is 0.583. The molecule has 2 unspecified atom stereocenters. The van der Waals surface area contributed by atoms with Crippen LogP contribution in [0, 0.1) is 12.8 Å². The number of allylic oxidation sites excluding steroid dienone is 1. The zero-order valence-electron chi connectivity index (χ0n) is 10.1. The Morgan fingerprint density at radius 1 is 1.60 bits per heavy atom. The first kappa shape index (κ1) is 11.8. The maximum absolute atomic E-state index is 4.37. The van der Waals surface area contributed by atoms with Crippen molar-refractivity contribution in [3.63, 3.8) is 0 Å². The van der Waals surface area contributed by atoms with E-state index in [2.05, 4.69) is 43.8 Å². The van der Waals surface area contributed by atoms with Crippen molar-refractivity contribution in [2.24, 2.45) is 13.0 Å². The lowest BCUT2D eigenvalue weighted by Crippen LogP contribution is -2.23. The van der Waals surface area contributed by atoms with E-state index in [4.69, 9.17) is 0 Å². The summed E-state index contributed by atoms with van der Waals surface area (Å²) in [6.45, 7) is 10.2. The van der Waals surface area contributed by atoms with Gasteiger partial charge < -0.3 is 5.32 Å². The molecular weight excluding hydrogens is 186 g/mol. The lowest BCUT2D eigenvalue weighted by Gasteiger charge is -2.19. The van der Waals surface area contributed by atoms with E-state index in [0.717, 1.165) is 12.2 Å². The average molecular weight is 207 g/mol. The van der Waals surface area contributed by atoms with Crippen molar-refractivity contribution in [1.29, 1.82) is 0 Å². The van der Waals surface area contributed by atoms with Crippen LogP contribution in [-0.2, 0) is 7.05 Å². The van der Waals surface area contributed by atoms with E-state index in [9.17, 15) is 0 Å². The number of aromatic nitrogens is 2. The second kappa shape index (κ2) is 5.01. The summed E-state index contributed by atoms with van der Waals surface area (Å²) in [5.41, 5.74) is 1.17. The maximum atomic E-state index is 4.37. The molecule has 1 aromatic heterocycles. The smallest absolute Gasteiger partial charge is 0.148 e. The van der Waals surface area contributed by atoms with E-state index >= 15 is 0 Å². The Hall–Kier alpha value is -1.25. The van der Waals surface area contributed by atoms with Crippen molar-refractivity contribution in [2.45, 2.75) is 33.2 Å². The Kier molecular flexibility index (Phi) is 3.95. The van der Waals surface area contributed by atoms with Crippen molar-refractivity contribution < 1.29 is 0 Å². The first-order chi connectivity index (χ1) is 7.04. The van der Waals surface area contributed by atoms with Crippen molar-refractivity contribution >= 4 is 5.82 Å². The quantitative estimate of drug-likeness (QED) is 0.752. The van der Waals surface area contributed by atoms with Crippen molar-refractivity contribution in [1.82, 2.24) is 9.78 Å². The number of nitrogens with zero attached hydrogens (tertiary/aromatic N) is 2. The molecule has 15 heavy (non-hydrogen) atoms. The van der Waals surface area contributed by atoms with Gasteiger partial charge in [-0.2, -0.15) is 5.10 Å². The highest BCUT2D eigenvalue weighted by Gasteiger charge is 2.11. The SMILES string of the molecule is C=CCC(C)C(C)Nc1cc(C)n(C)n1. The minimum absolute atomic E-state index is 0.414. The van der Waals surface area contributed by atoms with Crippen LogP contribution in [-0.4, -0.2) is 15.8 Å². The van der Waals surface area contributed by atoms with Gasteiger partial charge in [-0.15, -0.1) is 6.58 Å². The number of aryl methyl sites for hydroxylation is 2. The summed E-state index contributed by atoms with van der Waals surface area (Å²) >= 11 is 0. The lowest BCUT2D eigenvalue weighted by molar-refractivity contribution is 0.515. The number of anilines is 1. The minimum atomic E-state index is 0.414. The molecule has 0 saturated carbocycles. The fourth-order valence-corrected chi connectivity index (χ4v) is 1.47. The Bertz CT molecular complexity index is 308. The number of rotatable bonds is 5. The van der Waals surface area contributed by atoms with Crippen molar-refractivity contribution in [2.75, 3.05) is 5.32 Å². The monoisotopic (exact) mass is 207 g/mol. The third kappa shape index (κ3) is 3.11. The van der Waals surface area contributed by atoms with E-state index in [0.29, 0.717) is 12.0 Å². The number of nitrogens with one attached hydrogen (secondary N) is 1. The molecule has 3 heteroatoms. The molecule has 0 aliphatic rings. The Morgan fingerprint density at radius 3 is 2.73 bits per heavy atom. The molecule has 84 valence electrons. The maximum Gasteiger partial charge on any atom is 0.148 e. The van der Waals surface area contributed by atoms with Gasteiger partial charge in [0, 0.05) is 24.8 Å². The molecule has 0 saturated heterocycles. The van der Waals surface area contributed by atoms with Gasteiger partial charge in [0.1, 0.15) is 5.82 Å². The van der Waals surface area contributed by atoms with Gasteiger partial charge in [0.25, 0.3) is 0 Å². The summed E-state index contributed by atoms with van der Waals surface area (Å²) in [4.78, 5) is 0. The molecule has 3 nitrogen and oxygen atoms in total. The predicted molar refractivity (Wildman–Crippen MR) is 65.0 cm³/mol. The first-order valence-corrected chi connectivity index (χ1v) is 5.42. The summed E-state index contributed by atoms with van der Waals surface area (Å²) in [6, 6.07) is 2.48. The second-order valence-electron chi connectivity index (χ2n) is 4.23. The van der Waals surface area contributed by atoms with E-state index in [-0.39, 0.29) is 0 Å². The zero-order valence-corrected chi connectivity index (χ0v) is 10.1. The third-order valence-corrected chi connectivity index (χ3v) is 2.88. The highest BCUT2D eigenvalue weighted by molar-refractivity contribution is 5.36. The van der Waals surface area contributed by atoms with Crippen LogP contribution in [0.25, 0.3) is 0 Å². The van der Waals surface area contributed by atoms with E-state index in [1.54, 1.807) is 0 Å². The van der Waals surface area contributed by atoms with Crippen LogP contribution >= 0.6 is 0 Å². The molecule has 0 amide bonds. The molecular formula is C12H21N3. The Morgan fingerprint density at radius 2 is 2.27 bits per heavy atom. The minimum Gasteiger partial charge on any atom is -0.366 e. The van der Waals surface area contributed by atoms with Crippen LogP contribution in [0.5, 0.6) is 0 Å². The van der Waals surface area contributed by atoms with Crippen LogP contribution in [0.15, 0.2) is 18.7 Å². The predicted octanol–water partition coefficient (Wildman–Crippen LogP) is 2.74. The van der Waals surface area contributed by atoms with Crippen molar-refractivity contribution in [3.8, 4) is 0 Å². The first-order valence-electron chi connectivity index (χ1n) is 5.42. The molecule has 0 aromatic carbocycles. The molecule has 2 atom stereocenters. The molecule has 0 radical (unpaired) electrons. The van der Waals surface area contributed by atoms with Gasteiger partial charge >= 0.3 is 0 Å². The summed E-state index contributed by atoms with van der Waals surface area (Å²) < 4.78 is 1.88. The standard InChI is InChI=1S/C12H21N3/c1-6-7-9(2)11(4)13-12-8-10(3)15(5)14-12/h6,8-9,11H,1,7H2,2-5H3,(H,13,14). The van der Waals surface area contributed by atoms with Crippen LogP contribution in [0.1, 0.15) is 26.0 Å². The summed E-state index contributed by atoms with van der Waals surface area (Å²) in [6.07, 6.45) is 2.99. The molecule has 0 aliphatic heterocycles. The van der Waals surface area contributed by atoms with Gasteiger partial charge in [0.05, 0.1) is 0 Å². The zero-order chi connectivity index (χ0) is 11.4. The number of hydrogen-bond acceptors (Lipinski definition) is 2. The second-order valence-corrected chi connectivity index (χ2v) is 4.23. The summed E-state index contributed by atoms with van der Waals surface area (Å²) in [5, 5.41) is 7.78. The van der Waals surface area contributed by atoms with E-state index in [1.807, 2.05) is 17.8 Å². The topological polar surface area (TPSA) is 29.9 Å². The van der Waals surface area contributed by atoms with Gasteiger partial charge in [-0.3, -0.25) is 4.68 Å². The number of hydrogen-bond donors (Lipinski definition) is 1. The largest absolute Gasteiger partial charge is 0.366 e. The normalized spacial score (nSPS) is 14.7. The van der Waals surface area contributed by atoms with Crippen LogP contribution in [0.4, 0.5) is 5.82 Å². The highest BCUT2D eigenvalue weighted by Crippen LogP contribution is 2.14. The van der Waals surface area contributed by atoms with Gasteiger partial charge in [-0.25, -0.2) is 0 Å². The molecule has 0 bridgehead atoms. The van der Waals surface area contributed by atoms with Crippen LogP contribution in [0.3, 0.4) is 0 Å². The molecule has 1 rings (SSSR count). The van der Waals surface area contributed by atoms with E-state index < -0.39 is 0 Å². The molecule has 0 aliphatic carbocycles. The highest BCUT2D eigenvalue weighted by atomic mass is 15.3. The third-order valence-electron chi connectivity index (χ3n) is 2.88. The van der Waals surface area contributed by atoms with Crippen LogP contribution in [0.2, 0.25) is 0 Å². The average Bonchev–Trinajstić information content (AvgIpc) is 2.46. The van der Waals surface area contributed by atoms with Gasteiger partial charge in [-0.1, -0.05) is 13.0 Å². The fourth-order valence-electron chi connectivity index (χ4n) is 1.47. The molecule has 1 heterocycles. The van der Waals surface area contributed by atoms with Crippen LogP contribution < -0.4 is 5.32 Å². The Labute approximate surface area is 92.2 Å². The van der Waals surface area contributed by atoms with E-state index in [1.165, 1.54) is 5.69 Å². The molecule has 1 N–H and O–H groups in total. The van der Waals surface area contributed by atoms with Gasteiger partial charge in [-0.05, 0) is 26.2 Å². The summed E-state index contributed by atoms with van der Waals surface area (Å²) in [7, 11) is 1.96. The Balaban J connectivity index is 2.57. The lowest BCUT2D eigenvalue weighted by atomic mass is 10.00. The molecule has 0 fully saturated rings. The molecule has 1 aromatic rings.